The molecular formula is C31H47N3O5. The molecule has 0 aliphatic carbocycles. The second-order valence-electron chi connectivity index (χ2n) is 9.90. The third-order valence-electron chi connectivity index (χ3n) is 6.08. The van der Waals surface area contributed by atoms with Gasteiger partial charge < -0.3 is 25.4 Å². The zero-order valence-corrected chi connectivity index (χ0v) is 24.8. The van der Waals surface area contributed by atoms with Crippen molar-refractivity contribution in [1.82, 2.24) is 16.0 Å². The Balaban J connectivity index is 0.000000720. The third-order valence-corrected chi connectivity index (χ3v) is 6.08. The summed E-state index contributed by atoms with van der Waals surface area (Å²) in [6.45, 7) is 12.0. The molecule has 0 aromatic heterocycles. The summed E-state index contributed by atoms with van der Waals surface area (Å²) >= 11 is 0. The maximum Gasteiger partial charge on any atom is 0.239 e. The van der Waals surface area contributed by atoms with Crippen LogP contribution in [0.5, 0.6) is 5.75 Å². The summed E-state index contributed by atoms with van der Waals surface area (Å²) in [6, 6.07) is 16.6. The molecule has 2 amide bonds. The number of ether oxygens (including phenoxy) is 2. The van der Waals surface area contributed by atoms with Gasteiger partial charge in [-0.2, -0.15) is 0 Å². The lowest BCUT2D eigenvalue weighted by molar-refractivity contribution is -0.131. The lowest BCUT2D eigenvalue weighted by Crippen LogP contribution is -2.51. The molecule has 2 aromatic carbocycles. The van der Waals surface area contributed by atoms with Gasteiger partial charge in [-0.1, -0.05) is 75.7 Å². The van der Waals surface area contributed by atoms with Crippen molar-refractivity contribution in [1.29, 1.82) is 0 Å². The number of epoxide rings is 1. The van der Waals surface area contributed by atoms with Gasteiger partial charge in [-0.3, -0.25) is 14.4 Å². The molecular weight excluding hydrogens is 494 g/mol. The molecule has 3 rings (SSSR count). The van der Waals surface area contributed by atoms with E-state index in [-0.39, 0.29) is 24.2 Å². The van der Waals surface area contributed by atoms with Crippen molar-refractivity contribution in [2.45, 2.75) is 72.1 Å². The maximum atomic E-state index is 12.6. The minimum atomic E-state index is -0.800. The van der Waals surface area contributed by atoms with E-state index in [1.807, 2.05) is 70.2 Å². The number of rotatable bonds is 12. The van der Waals surface area contributed by atoms with Crippen LogP contribution in [0.4, 0.5) is 0 Å². The second kappa shape index (κ2) is 17.4. The molecule has 0 bridgehead atoms. The van der Waals surface area contributed by atoms with E-state index < -0.39 is 23.6 Å². The number of amides is 2. The van der Waals surface area contributed by atoms with Crippen molar-refractivity contribution in [3.63, 3.8) is 0 Å². The van der Waals surface area contributed by atoms with Crippen molar-refractivity contribution >= 4 is 17.6 Å². The Labute approximate surface area is 234 Å². The molecule has 1 heterocycles. The number of methoxy groups -OCH3 is 1. The van der Waals surface area contributed by atoms with Crippen LogP contribution in [0, 0.1) is 12.8 Å². The van der Waals surface area contributed by atoms with Crippen molar-refractivity contribution in [3.05, 3.63) is 65.7 Å². The van der Waals surface area contributed by atoms with E-state index >= 15 is 0 Å². The number of nitrogens with one attached hydrogen (secondary N) is 3. The van der Waals surface area contributed by atoms with Crippen LogP contribution in [0.1, 0.15) is 52.2 Å². The predicted molar refractivity (Wildman–Crippen MR) is 156 cm³/mol. The first-order valence-electron chi connectivity index (χ1n) is 13.6. The third kappa shape index (κ3) is 12.4. The van der Waals surface area contributed by atoms with Gasteiger partial charge in [-0.25, -0.2) is 0 Å². The number of aryl methyl sites for hydroxylation is 1. The number of benzene rings is 2. The Hall–Kier alpha value is -3.23. The standard InChI is InChI=1S/C22H33N3O5.C7H8.C2H6/c1-14(2)10-17(20(27)22(3)13-30-22)25-19(26)12-24-21(28)18(23-4)11-15-6-8-16(29-5)9-7-15;1-7-5-3-2-4-6-7;1-2/h6-9,14,17-18,23H,10-13H2,1-5H3,(H,24,28)(H,25,26);2-6H,1H3;1-2H3. The largest absolute Gasteiger partial charge is 0.497 e. The lowest BCUT2D eigenvalue weighted by atomic mass is 9.93. The molecule has 0 radical (unpaired) electrons. The van der Waals surface area contributed by atoms with Gasteiger partial charge in [0.2, 0.25) is 11.8 Å². The van der Waals surface area contributed by atoms with E-state index in [0.717, 1.165) is 11.3 Å². The number of Topliss-reactive ketones (excluding diaryl/α,β-unsaturated/α-hetero) is 1. The first-order chi connectivity index (χ1) is 18.6. The fourth-order valence-corrected chi connectivity index (χ4v) is 3.72. The minimum Gasteiger partial charge on any atom is -0.497 e. The highest BCUT2D eigenvalue weighted by molar-refractivity contribution is 5.97. The van der Waals surface area contributed by atoms with Gasteiger partial charge in [-0.05, 0) is 57.4 Å². The van der Waals surface area contributed by atoms with Crippen LogP contribution in [0.2, 0.25) is 0 Å². The van der Waals surface area contributed by atoms with E-state index in [1.165, 1.54) is 5.56 Å². The van der Waals surface area contributed by atoms with E-state index in [2.05, 4.69) is 35.0 Å². The van der Waals surface area contributed by atoms with Crippen LogP contribution in [0.15, 0.2) is 54.6 Å². The Morgan fingerprint density at radius 3 is 2.03 bits per heavy atom. The Kier molecular flexibility index (Phi) is 15.1. The van der Waals surface area contributed by atoms with Crippen LogP contribution in [0.3, 0.4) is 0 Å². The van der Waals surface area contributed by atoms with Crippen LogP contribution >= 0.6 is 0 Å². The SMILES string of the molecule is CC.CNC(Cc1ccc(OC)cc1)C(=O)NCC(=O)NC(CC(C)C)C(=O)C1(C)CO1.Cc1ccccc1. The smallest absolute Gasteiger partial charge is 0.239 e. The molecule has 3 atom stereocenters. The van der Waals surface area contributed by atoms with E-state index in [4.69, 9.17) is 9.47 Å². The summed E-state index contributed by atoms with van der Waals surface area (Å²) in [5.74, 6) is 0.174. The van der Waals surface area contributed by atoms with Crippen LogP contribution in [-0.2, 0) is 25.5 Å². The van der Waals surface area contributed by atoms with Crippen LogP contribution in [0.25, 0.3) is 0 Å². The predicted octanol–water partition coefficient (Wildman–Crippen LogP) is 3.85. The van der Waals surface area contributed by atoms with Crippen molar-refractivity contribution < 1.29 is 23.9 Å². The van der Waals surface area contributed by atoms with Crippen molar-refractivity contribution in [2.24, 2.45) is 5.92 Å². The fourth-order valence-electron chi connectivity index (χ4n) is 3.72. The fraction of sp³-hybridized carbons (Fsp3) is 0.516. The highest BCUT2D eigenvalue weighted by atomic mass is 16.6. The summed E-state index contributed by atoms with van der Waals surface area (Å²) in [5, 5.41) is 8.37. The highest BCUT2D eigenvalue weighted by Gasteiger charge is 2.50. The Bertz CT molecular complexity index is 1000. The molecule has 39 heavy (non-hydrogen) atoms. The quantitative estimate of drug-likeness (QED) is 0.352. The minimum absolute atomic E-state index is 0.122. The lowest BCUT2D eigenvalue weighted by Gasteiger charge is -2.22. The van der Waals surface area contributed by atoms with Gasteiger partial charge in [0.05, 0.1) is 32.3 Å². The summed E-state index contributed by atoms with van der Waals surface area (Å²) in [6.07, 6.45) is 0.992. The first kappa shape index (κ1) is 33.8. The van der Waals surface area contributed by atoms with Gasteiger partial charge >= 0.3 is 0 Å². The normalized spacial score (nSPS) is 16.8. The first-order valence-corrected chi connectivity index (χ1v) is 13.6. The zero-order valence-electron chi connectivity index (χ0n) is 24.8. The van der Waals surface area contributed by atoms with Gasteiger partial charge in [-0.15, -0.1) is 0 Å². The molecule has 0 spiro atoms. The molecule has 0 saturated carbocycles. The summed E-state index contributed by atoms with van der Waals surface area (Å²) in [5.41, 5.74) is 1.49. The molecule has 3 N–H and O–H groups in total. The van der Waals surface area contributed by atoms with E-state index in [9.17, 15) is 14.4 Å². The number of hydrogen-bond acceptors (Lipinski definition) is 6. The maximum absolute atomic E-state index is 12.6. The molecule has 3 unspecified atom stereocenters. The molecule has 2 aromatic rings. The summed E-state index contributed by atoms with van der Waals surface area (Å²) < 4.78 is 10.4. The average molecular weight is 542 g/mol. The van der Waals surface area contributed by atoms with Gasteiger partial charge in [0.1, 0.15) is 11.4 Å². The molecule has 8 heteroatoms. The zero-order chi connectivity index (χ0) is 29.4. The molecule has 8 nitrogen and oxygen atoms in total. The van der Waals surface area contributed by atoms with Crippen molar-refractivity contribution in [3.8, 4) is 5.75 Å². The van der Waals surface area contributed by atoms with Gasteiger partial charge in [0, 0.05) is 0 Å². The second-order valence-corrected chi connectivity index (χ2v) is 9.90. The molecule has 1 aliphatic rings. The summed E-state index contributed by atoms with van der Waals surface area (Å²) in [7, 11) is 3.29. The monoisotopic (exact) mass is 541 g/mol. The van der Waals surface area contributed by atoms with Crippen LogP contribution in [-0.4, -0.2) is 62.6 Å². The molecule has 1 aliphatic heterocycles. The van der Waals surface area contributed by atoms with E-state index in [1.54, 1.807) is 21.1 Å². The van der Waals surface area contributed by atoms with E-state index in [0.29, 0.717) is 19.4 Å². The van der Waals surface area contributed by atoms with Crippen molar-refractivity contribution in [2.75, 3.05) is 27.3 Å². The molecule has 216 valence electrons. The number of ketones is 1. The van der Waals surface area contributed by atoms with Crippen LogP contribution < -0.4 is 20.7 Å². The number of hydrogen-bond donors (Lipinski definition) is 3. The Morgan fingerprint density at radius 1 is 1.00 bits per heavy atom. The summed E-state index contributed by atoms with van der Waals surface area (Å²) in [4.78, 5) is 37.5. The number of carbonyl (C=O) groups is 3. The topological polar surface area (TPSA) is 109 Å². The molecule has 1 fully saturated rings. The Morgan fingerprint density at radius 2 is 1.59 bits per heavy atom. The highest BCUT2D eigenvalue weighted by Crippen LogP contribution is 2.29. The number of likely N-dealkylation sites (N-methyl/N-ethyl adjacent to an activating group) is 1. The molecule has 1 saturated heterocycles. The number of carbonyl (C=O) groups excluding carboxylic acids is 3. The van der Waals surface area contributed by atoms with Gasteiger partial charge in [0.25, 0.3) is 0 Å². The average Bonchev–Trinajstić information content (AvgIpc) is 3.69. The van der Waals surface area contributed by atoms with Gasteiger partial charge in [0.15, 0.2) is 5.78 Å².